The molecule has 138 valence electrons. The Balaban J connectivity index is 0.00000210. The molecule has 0 amide bonds. The Kier molecular flexibility index (Phi) is 5.16. The van der Waals surface area contributed by atoms with Crippen LogP contribution in [-0.2, 0) is 10.0 Å². The molecule has 2 aromatic heterocycles. The number of halogens is 1. The van der Waals surface area contributed by atoms with Crippen molar-refractivity contribution in [2.45, 2.75) is 11.8 Å². The van der Waals surface area contributed by atoms with Crippen molar-refractivity contribution in [3.05, 3.63) is 78.7 Å². The molecule has 0 saturated heterocycles. The lowest BCUT2D eigenvalue weighted by Crippen LogP contribution is -2.15. The van der Waals surface area contributed by atoms with Crippen molar-refractivity contribution in [1.82, 2.24) is 14.3 Å². The predicted molar refractivity (Wildman–Crippen MR) is 104 cm³/mol. The SMILES string of the molecule is Cc1onc(-c2ccccc2)c1-c1ccnn1S(=O)(=O)c1ccccc1.Cl. The van der Waals surface area contributed by atoms with Crippen LogP contribution >= 0.6 is 12.4 Å². The Labute approximate surface area is 162 Å². The number of aryl methyl sites for hydroxylation is 1. The molecular weight excluding hydrogens is 386 g/mol. The van der Waals surface area contributed by atoms with Gasteiger partial charge in [0.25, 0.3) is 10.0 Å². The zero-order valence-electron chi connectivity index (χ0n) is 14.3. The molecule has 0 radical (unpaired) electrons. The third-order valence-electron chi connectivity index (χ3n) is 4.04. The fraction of sp³-hybridized carbons (Fsp3) is 0.0526. The van der Waals surface area contributed by atoms with Gasteiger partial charge >= 0.3 is 0 Å². The van der Waals surface area contributed by atoms with Crippen LogP contribution in [0.15, 0.2) is 82.3 Å². The summed E-state index contributed by atoms with van der Waals surface area (Å²) in [5.74, 6) is 0.522. The summed E-state index contributed by atoms with van der Waals surface area (Å²) in [6, 6.07) is 19.3. The van der Waals surface area contributed by atoms with Crippen molar-refractivity contribution >= 4 is 22.4 Å². The average Bonchev–Trinajstić information content (AvgIpc) is 3.30. The number of benzene rings is 2. The van der Waals surface area contributed by atoms with Crippen LogP contribution in [0.5, 0.6) is 0 Å². The number of aromatic nitrogens is 3. The fourth-order valence-electron chi connectivity index (χ4n) is 2.82. The van der Waals surface area contributed by atoms with Gasteiger partial charge in [0.2, 0.25) is 0 Å². The molecule has 0 bridgehead atoms. The normalized spacial score (nSPS) is 11.1. The molecule has 2 aromatic carbocycles. The van der Waals surface area contributed by atoms with Crippen LogP contribution in [-0.4, -0.2) is 22.8 Å². The van der Waals surface area contributed by atoms with E-state index in [4.69, 9.17) is 4.52 Å². The molecular formula is C19H16ClN3O3S. The van der Waals surface area contributed by atoms with Crippen LogP contribution in [0, 0.1) is 6.92 Å². The molecule has 0 saturated carbocycles. The van der Waals surface area contributed by atoms with Gasteiger partial charge in [-0.1, -0.05) is 53.7 Å². The standard InChI is InChI=1S/C19H15N3O3S.ClH/c1-14-18(19(21-25-14)15-8-4-2-5-9-15)17-12-13-20-22(17)26(23,24)16-10-6-3-7-11-16;/h2-13H,1H3;1H. The van der Waals surface area contributed by atoms with Gasteiger partial charge in [-0.05, 0) is 25.1 Å². The molecule has 0 N–H and O–H groups in total. The zero-order valence-corrected chi connectivity index (χ0v) is 15.9. The first kappa shape index (κ1) is 18.9. The smallest absolute Gasteiger partial charge is 0.283 e. The molecule has 27 heavy (non-hydrogen) atoms. The first-order valence-corrected chi connectivity index (χ1v) is 9.40. The van der Waals surface area contributed by atoms with Gasteiger partial charge in [0.05, 0.1) is 22.3 Å². The van der Waals surface area contributed by atoms with Gasteiger partial charge in [-0.3, -0.25) is 0 Å². The Morgan fingerprint density at radius 1 is 0.926 bits per heavy atom. The van der Waals surface area contributed by atoms with Crippen molar-refractivity contribution in [3.63, 3.8) is 0 Å². The molecule has 0 aliphatic rings. The van der Waals surface area contributed by atoms with E-state index in [2.05, 4.69) is 10.3 Å². The zero-order chi connectivity index (χ0) is 18.1. The summed E-state index contributed by atoms with van der Waals surface area (Å²) < 4.78 is 32.4. The quantitative estimate of drug-likeness (QED) is 0.512. The van der Waals surface area contributed by atoms with E-state index < -0.39 is 10.0 Å². The van der Waals surface area contributed by atoms with Crippen LogP contribution in [0.25, 0.3) is 22.5 Å². The highest BCUT2D eigenvalue weighted by Gasteiger charge is 2.26. The van der Waals surface area contributed by atoms with Crippen LogP contribution in [0.4, 0.5) is 0 Å². The largest absolute Gasteiger partial charge is 0.360 e. The second-order valence-electron chi connectivity index (χ2n) is 5.71. The van der Waals surface area contributed by atoms with E-state index in [9.17, 15) is 8.42 Å². The Morgan fingerprint density at radius 2 is 1.56 bits per heavy atom. The lowest BCUT2D eigenvalue weighted by Gasteiger charge is -2.09. The van der Waals surface area contributed by atoms with E-state index in [0.29, 0.717) is 22.7 Å². The monoisotopic (exact) mass is 401 g/mol. The molecule has 0 fully saturated rings. The Hall–Kier alpha value is -2.90. The Morgan fingerprint density at radius 3 is 2.22 bits per heavy atom. The van der Waals surface area contributed by atoms with E-state index >= 15 is 0 Å². The maximum Gasteiger partial charge on any atom is 0.283 e. The molecule has 8 heteroatoms. The molecule has 0 aliphatic carbocycles. The van der Waals surface area contributed by atoms with Crippen LogP contribution < -0.4 is 0 Å². The van der Waals surface area contributed by atoms with Crippen molar-refractivity contribution in [2.24, 2.45) is 0 Å². The lowest BCUT2D eigenvalue weighted by molar-refractivity contribution is 0.400. The van der Waals surface area contributed by atoms with E-state index in [1.165, 1.54) is 6.20 Å². The number of hydrogen-bond acceptors (Lipinski definition) is 5. The topological polar surface area (TPSA) is 78.0 Å². The highest BCUT2D eigenvalue weighted by atomic mass is 35.5. The van der Waals surface area contributed by atoms with Gasteiger partial charge < -0.3 is 4.52 Å². The first-order chi connectivity index (χ1) is 12.6. The van der Waals surface area contributed by atoms with Crippen molar-refractivity contribution < 1.29 is 12.9 Å². The molecule has 0 aliphatic heterocycles. The second-order valence-corrected chi connectivity index (χ2v) is 7.47. The van der Waals surface area contributed by atoms with E-state index in [1.807, 2.05) is 30.3 Å². The van der Waals surface area contributed by atoms with Crippen LogP contribution in [0.1, 0.15) is 5.76 Å². The number of hydrogen-bond donors (Lipinski definition) is 0. The second kappa shape index (κ2) is 7.38. The van der Waals surface area contributed by atoms with Crippen LogP contribution in [0.3, 0.4) is 0 Å². The molecule has 0 spiro atoms. The van der Waals surface area contributed by atoms with E-state index in [-0.39, 0.29) is 17.3 Å². The summed E-state index contributed by atoms with van der Waals surface area (Å²) in [6.45, 7) is 1.75. The lowest BCUT2D eigenvalue weighted by atomic mass is 10.0. The average molecular weight is 402 g/mol. The minimum Gasteiger partial charge on any atom is -0.360 e. The summed E-state index contributed by atoms with van der Waals surface area (Å²) in [4.78, 5) is 0.167. The molecule has 6 nitrogen and oxygen atoms in total. The number of rotatable bonds is 4. The van der Waals surface area contributed by atoms with Gasteiger partial charge in [-0.2, -0.15) is 17.6 Å². The predicted octanol–water partition coefficient (Wildman–Crippen LogP) is 4.17. The highest BCUT2D eigenvalue weighted by Crippen LogP contribution is 2.35. The molecule has 2 heterocycles. The van der Waals surface area contributed by atoms with Crippen molar-refractivity contribution in [2.75, 3.05) is 0 Å². The van der Waals surface area contributed by atoms with Crippen molar-refractivity contribution in [1.29, 1.82) is 0 Å². The van der Waals surface area contributed by atoms with E-state index in [1.54, 1.807) is 43.3 Å². The summed E-state index contributed by atoms with van der Waals surface area (Å²) in [5.41, 5.74) is 2.43. The summed E-state index contributed by atoms with van der Waals surface area (Å²) in [5, 5.41) is 8.18. The minimum absolute atomic E-state index is 0. The minimum atomic E-state index is -3.83. The first-order valence-electron chi connectivity index (χ1n) is 7.96. The number of nitrogens with zero attached hydrogens (tertiary/aromatic N) is 3. The molecule has 0 atom stereocenters. The molecule has 4 rings (SSSR count). The molecule has 0 unspecified atom stereocenters. The van der Waals surface area contributed by atoms with Crippen LogP contribution in [0.2, 0.25) is 0 Å². The maximum atomic E-state index is 13.0. The Bertz CT molecular complexity index is 1150. The molecule has 4 aromatic rings. The van der Waals surface area contributed by atoms with E-state index in [0.717, 1.165) is 9.65 Å². The fourth-order valence-corrected chi connectivity index (χ4v) is 4.11. The van der Waals surface area contributed by atoms with Gasteiger partial charge in [0.15, 0.2) is 0 Å². The summed E-state index contributed by atoms with van der Waals surface area (Å²) >= 11 is 0. The maximum absolute atomic E-state index is 13.0. The van der Waals surface area contributed by atoms with Crippen molar-refractivity contribution in [3.8, 4) is 22.5 Å². The third kappa shape index (κ3) is 3.27. The summed E-state index contributed by atoms with van der Waals surface area (Å²) in [6.07, 6.45) is 1.46. The third-order valence-corrected chi connectivity index (χ3v) is 5.66. The summed E-state index contributed by atoms with van der Waals surface area (Å²) in [7, 11) is -3.83. The van der Waals surface area contributed by atoms with Gasteiger partial charge in [0.1, 0.15) is 11.5 Å². The van der Waals surface area contributed by atoms with Gasteiger partial charge in [-0.25, -0.2) is 0 Å². The highest BCUT2D eigenvalue weighted by molar-refractivity contribution is 7.90. The van der Waals surface area contributed by atoms with Gasteiger partial charge in [-0.15, -0.1) is 12.4 Å². The van der Waals surface area contributed by atoms with Gasteiger partial charge in [0, 0.05) is 5.56 Å².